The van der Waals surface area contributed by atoms with Gasteiger partial charge in [-0.1, -0.05) is 24.6 Å². The maximum atomic E-state index is 12.0. The second kappa shape index (κ2) is 7.07. The van der Waals surface area contributed by atoms with Gasteiger partial charge in [-0.2, -0.15) is 0 Å². The Hall–Kier alpha value is -1.10. The van der Waals surface area contributed by atoms with E-state index in [9.17, 15) is 9.90 Å². The van der Waals surface area contributed by atoms with Crippen LogP contribution in [0.15, 0.2) is 24.3 Å². The molecule has 2 atom stereocenters. The van der Waals surface area contributed by atoms with Gasteiger partial charge in [0.15, 0.2) is 0 Å². The summed E-state index contributed by atoms with van der Waals surface area (Å²) in [6.07, 6.45) is 1.45. The van der Waals surface area contributed by atoms with E-state index in [1.165, 1.54) is 0 Å². The van der Waals surface area contributed by atoms with Gasteiger partial charge < -0.3 is 10.4 Å². The van der Waals surface area contributed by atoms with E-state index in [1.807, 2.05) is 12.1 Å². The van der Waals surface area contributed by atoms with Crippen LogP contribution >= 0.6 is 11.6 Å². The van der Waals surface area contributed by atoms with Gasteiger partial charge in [-0.25, -0.2) is 0 Å². The zero-order valence-electron chi connectivity index (χ0n) is 11.7. The zero-order valence-corrected chi connectivity index (χ0v) is 12.4. The fraction of sp³-hybridized carbons (Fsp3) is 0.533. The number of nitrogens with one attached hydrogen (secondary N) is 1. The molecule has 2 unspecified atom stereocenters. The van der Waals surface area contributed by atoms with Crippen molar-refractivity contribution in [3.8, 4) is 0 Å². The highest BCUT2D eigenvalue weighted by Crippen LogP contribution is 2.20. The first-order chi connectivity index (χ1) is 9.58. The SMILES string of the molecule is CCC1CN(CC(=O)Nc2cccc(Cl)c2)CCC1O. The average molecular weight is 297 g/mol. The minimum atomic E-state index is -0.229. The second-order valence-electron chi connectivity index (χ2n) is 5.32. The van der Waals surface area contributed by atoms with E-state index in [0.29, 0.717) is 17.3 Å². The second-order valence-corrected chi connectivity index (χ2v) is 5.75. The minimum absolute atomic E-state index is 0.0430. The molecule has 0 aromatic heterocycles. The minimum Gasteiger partial charge on any atom is -0.393 e. The molecule has 1 amide bonds. The predicted molar refractivity (Wildman–Crippen MR) is 80.9 cm³/mol. The summed E-state index contributed by atoms with van der Waals surface area (Å²) < 4.78 is 0. The molecule has 20 heavy (non-hydrogen) atoms. The van der Waals surface area contributed by atoms with Gasteiger partial charge in [0.1, 0.15) is 0 Å². The molecule has 5 heteroatoms. The lowest BCUT2D eigenvalue weighted by Gasteiger charge is -2.35. The summed E-state index contributed by atoms with van der Waals surface area (Å²) in [5, 5.41) is 13.3. The van der Waals surface area contributed by atoms with Gasteiger partial charge in [0.2, 0.25) is 5.91 Å². The van der Waals surface area contributed by atoms with Gasteiger partial charge in [-0.15, -0.1) is 0 Å². The first-order valence-corrected chi connectivity index (χ1v) is 7.42. The van der Waals surface area contributed by atoms with Crippen LogP contribution in [0.4, 0.5) is 5.69 Å². The lowest BCUT2D eigenvalue weighted by Crippen LogP contribution is -2.45. The Kier molecular flexibility index (Phi) is 5.40. The summed E-state index contributed by atoms with van der Waals surface area (Å²) in [4.78, 5) is 14.1. The summed E-state index contributed by atoms with van der Waals surface area (Å²) in [5.74, 6) is 0.223. The topological polar surface area (TPSA) is 52.6 Å². The first-order valence-electron chi connectivity index (χ1n) is 7.04. The molecule has 110 valence electrons. The van der Waals surface area contributed by atoms with Crippen molar-refractivity contribution in [3.63, 3.8) is 0 Å². The fourth-order valence-electron chi connectivity index (χ4n) is 2.61. The molecule has 4 nitrogen and oxygen atoms in total. The van der Waals surface area contributed by atoms with E-state index in [2.05, 4.69) is 17.1 Å². The Bertz CT molecular complexity index is 467. The van der Waals surface area contributed by atoms with Crippen LogP contribution in [0.2, 0.25) is 5.02 Å². The van der Waals surface area contributed by atoms with Crippen molar-refractivity contribution >= 4 is 23.2 Å². The maximum absolute atomic E-state index is 12.0. The molecule has 1 aromatic rings. The van der Waals surface area contributed by atoms with E-state index < -0.39 is 0 Å². The standard InChI is InChI=1S/C15H21ClN2O2/c1-2-11-9-18(7-6-14(11)19)10-15(20)17-13-5-3-4-12(16)8-13/h3-5,8,11,14,19H,2,6-7,9-10H2,1H3,(H,17,20). The number of carbonyl (C=O) groups is 1. The molecule has 1 fully saturated rings. The van der Waals surface area contributed by atoms with Crippen molar-refractivity contribution in [2.45, 2.75) is 25.9 Å². The van der Waals surface area contributed by atoms with E-state index >= 15 is 0 Å². The van der Waals surface area contributed by atoms with E-state index in [-0.39, 0.29) is 17.9 Å². The normalized spacial score (nSPS) is 23.6. The summed E-state index contributed by atoms with van der Waals surface area (Å²) in [6, 6.07) is 7.13. The van der Waals surface area contributed by atoms with Crippen molar-refractivity contribution < 1.29 is 9.90 Å². The Morgan fingerprint density at radius 3 is 3.05 bits per heavy atom. The highest BCUT2D eigenvalue weighted by atomic mass is 35.5. The molecule has 0 bridgehead atoms. The van der Waals surface area contributed by atoms with Crippen molar-refractivity contribution in [2.24, 2.45) is 5.92 Å². The summed E-state index contributed by atoms with van der Waals surface area (Å²) >= 11 is 5.88. The molecule has 0 radical (unpaired) electrons. The fourth-order valence-corrected chi connectivity index (χ4v) is 2.80. The van der Waals surface area contributed by atoms with Gasteiger partial charge in [0.05, 0.1) is 12.6 Å². The first kappa shape index (κ1) is 15.3. The number of carbonyl (C=O) groups excluding carboxylic acids is 1. The largest absolute Gasteiger partial charge is 0.393 e. The average Bonchev–Trinajstić information content (AvgIpc) is 2.41. The molecule has 2 N–H and O–H groups in total. The van der Waals surface area contributed by atoms with E-state index in [0.717, 1.165) is 25.9 Å². The molecular formula is C15H21ClN2O2. The van der Waals surface area contributed by atoms with Crippen LogP contribution in [-0.2, 0) is 4.79 Å². The number of hydrogen-bond acceptors (Lipinski definition) is 3. The Morgan fingerprint density at radius 2 is 2.35 bits per heavy atom. The quantitative estimate of drug-likeness (QED) is 0.897. The highest BCUT2D eigenvalue weighted by Gasteiger charge is 2.27. The monoisotopic (exact) mass is 296 g/mol. The van der Waals surface area contributed by atoms with Crippen molar-refractivity contribution in [1.82, 2.24) is 4.90 Å². The highest BCUT2D eigenvalue weighted by molar-refractivity contribution is 6.30. The van der Waals surface area contributed by atoms with Crippen molar-refractivity contribution in [2.75, 3.05) is 25.0 Å². The molecule has 1 aliphatic heterocycles. The number of amides is 1. The Balaban J connectivity index is 1.85. The Labute approximate surface area is 124 Å². The third-order valence-corrected chi connectivity index (χ3v) is 4.01. The Morgan fingerprint density at radius 1 is 1.55 bits per heavy atom. The zero-order chi connectivity index (χ0) is 14.5. The molecule has 0 saturated carbocycles. The molecule has 1 aliphatic rings. The molecule has 1 saturated heterocycles. The van der Waals surface area contributed by atoms with Crippen molar-refractivity contribution in [3.05, 3.63) is 29.3 Å². The molecule has 1 aromatic carbocycles. The van der Waals surface area contributed by atoms with Gasteiger partial charge in [-0.05, 0) is 37.0 Å². The molecule has 2 rings (SSSR count). The number of halogens is 1. The summed E-state index contributed by atoms with van der Waals surface area (Å²) in [5.41, 5.74) is 0.714. The lowest BCUT2D eigenvalue weighted by molar-refractivity contribution is -0.118. The van der Waals surface area contributed by atoms with E-state index in [1.54, 1.807) is 12.1 Å². The van der Waals surface area contributed by atoms with Crippen LogP contribution in [0.25, 0.3) is 0 Å². The molecule has 1 heterocycles. The number of hydrogen-bond donors (Lipinski definition) is 2. The third kappa shape index (κ3) is 4.20. The van der Waals surface area contributed by atoms with Crippen LogP contribution in [0, 0.1) is 5.92 Å². The molecular weight excluding hydrogens is 276 g/mol. The lowest BCUT2D eigenvalue weighted by atomic mass is 9.92. The van der Waals surface area contributed by atoms with Crippen LogP contribution in [0.5, 0.6) is 0 Å². The van der Waals surface area contributed by atoms with E-state index in [4.69, 9.17) is 11.6 Å². The number of rotatable bonds is 4. The van der Waals surface area contributed by atoms with Gasteiger partial charge in [-0.3, -0.25) is 9.69 Å². The maximum Gasteiger partial charge on any atom is 0.238 e. The van der Waals surface area contributed by atoms with Crippen LogP contribution in [-0.4, -0.2) is 41.7 Å². The van der Waals surface area contributed by atoms with Crippen LogP contribution in [0.1, 0.15) is 19.8 Å². The number of likely N-dealkylation sites (tertiary alicyclic amines) is 1. The third-order valence-electron chi connectivity index (χ3n) is 3.78. The van der Waals surface area contributed by atoms with Crippen LogP contribution in [0.3, 0.4) is 0 Å². The molecule has 0 aliphatic carbocycles. The van der Waals surface area contributed by atoms with Gasteiger partial charge >= 0.3 is 0 Å². The molecule has 0 spiro atoms. The number of piperidine rings is 1. The van der Waals surface area contributed by atoms with Crippen molar-refractivity contribution in [1.29, 1.82) is 0 Å². The number of anilines is 1. The summed E-state index contributed by atoms with van der Waals surface area (Å²) in [6.45, 7) is 3.97. The number of benzene rings is 1. The number of aliphatic hydroxyl groups is 1. The number of nitrogens with zero attached hydrogens (tertiary/aromatic N) is 1. The van der Waals surface area contributed by atoms with Gasteiger partial charge in [0, 0.05) is 23.8 Å². The van der Waals surface area contributed by atoms with Gasteiger partial charge in [0.25, 0.3) is 0 Å². The summed E-state index contributed by atoms with van der Waals surface area (Å²) in [7, 11) is 0. The smallest absolute Gasteiger partial charge is 0.238 e. The predicted octanol–water partition coefficient (Wildman–Crippen LogP) is 2.37. The van der Waals surface area contributed by atoms with Crippen LogP contribution < -0.4 is 5.32 Å². The number of aliphatic hydroxyl groups excluding tert-OH is 1.